The van der Waals surface area contributed by atoms with Crippen molar-refractivity contribution in [1.29, 1.82) is 0 Å². The SMILES string of the molecule is CCOC(=O)c1sc(NC(=O)c2ccc(S(=O)(=O)N3CCCCC3C)cc2)nc1-c1ccccc1. The third kappa shape index (κ3) is 5.44. The maximum atomic E-state index is 13.0. The normalized spacial score (nSPS) is 16.6. The second-order valence-corrected chi connectivity index (χ2v) is 11.1. The van der Waals surface area contributed by atoms with Crippen LogP contribution in [-0.2, 0) is 14.8 Å². The van der Waals surface area contributed by atoms with Crippen molar-refractivity contribution >= 4 is 38.4 Å². The lowest BCUT2D eigenvalue weighted by Gasteiger charge is -2.32. The number of piperidine rings is 1. The number of nitrogens with one attached hydrogen (secondary N) is 1. The summed E-state index contributed by atoms with van der Waals surface area (Å²) in [6.07, 6.45) is 2.70. The van der Waals surface area contributed by atoms with E-state index in [0.717, 1.165) is 36.2 Å². The number of amides is 1. The van der Waals surface area contributed by atoms with Crippen LogP contribution in [-0.4, -0.2) is 48.8 Å². The van der Waals surface area contributed by atoms with Gasteiger partial charge in [-0.3, -0.25) is 10.1 Å². The fraction of sp³-hybridized carbons (Fsp3) is 0.320. The highest BCUT2D eigenvalue weighted by Gasteiger charge is 2.31. The van der Waals surface area contributed by atoms with Crippen LogP contribution < -0.4 is 5.32 Å². The van der Waals surface area contributed by atoms with Gasteiger partial charge in [0.25, 0.3) is 5.91 Å². The summed E-state index contributed by atoms with van der Waals surface area (Å²) < 4.78 is 32.8. The smallest absolute Gasteiger partial charge is 0.350 e. The molecule has 1 unspecified atom stereocenters. The predicted molar refractivity (Wildman–Crippen MR) is 135 cm³/mol. The average molecular weight is 514 g/mol. The predicted octanol–water partition coefficient (Wildman–Crippen LogP) is 4.80. The van der Waals surface area contributed by atoms with Crippen molar-refractivity contribution in [2.75, 3.05) is 18.5 Å². The van der Waals surface area contributed by atoms with Gasteiger partial charge in [-0.15, -0.1) is 0 Å². The third-order valence-corrected chi connectivity index (χ3v) is 8.80. The Morgan fingerprint density at radius 2 is 1.83 bits per heavy atom. The first-order valence-electron chi connectivity index (χ1n) is 11.5. The Labute approximate surface area is 209 Å². The minimum atomic E-state index is -3.62. The molecule has 3 aromatic rings. The summed E-state index contributed by atoms with van der Waals surface area (Å²) in [6, 6.07) is 15.0. The Hall–Kier alpha value is -3.08. The summed E-state index contributed by atoms with van der Waals surface area (Å²) >= 11 is 1.03. The first-order chi connectivity index (χ1) is 16.8. The van der Waals surface area contributed by atoms with Crippen LogP contribution in [0.1, 0.15) is 53.1 Å². The second-order valence-electron chi connectivity index (χ2n) is 8.22. The lowest BCUT2D eigenvalue weighted by atomic mass is 10.1. The van der Waals surface area contributed by atoms with Crippen molar-refractivity contribution in [3.05, 3.63) is 65.0 Å². The van der Waals surface area contributed by atoms with E-state index in [-0.39, 0.29) is 28.2 Å². The van der Waals surface area contributed by atoms with Crippen molar-refractivity contribution in [2.24, 2.45) is 0 Å². The summed E-state index contributed by atoms with van der Waals surface area (Å²) in [7, 11) is -3.62. The van der Waals surface area contributed by atoms with E-state index in [0.29, 0.717) is 17.1 Å². The highest BCUT2D eigenvalue weighted by Crippen LogP contribution is 2.32. The van der Waals surface area contributed by atoms with Gasteiger partial charge in [-0.25, -0.2) is 18.2 Å². The maximum absolute atomic E-state index is 13.0. The van der Waals surface area contributed by atoms with Gasteiger partial charge in [0.1, 0.15) is 4.88 Å². The molecule has 1 aromatic heterocycles. The minimum Gasteiger partial charge on any atom is -0.462 e. The van der Waals surface area contributed by atoms with Gasteiger partial charge in [0.05, 0.1) is 17.2 Å². The van der Waals surface area contributed by atoms with Crippen molar-refractivity contribution in [3.8, 4) is 11.3 Å². The number of ether oxygens (including phenoxy) is 1. The quantitative estimate of drug-likeness (QED) is 0.455. The van der Waals surface area contributed by atoms with E-state index in [1.165, 1.54) is 28.6 Å². The molecule has 184 valence electrons. The zero-order valence-corrected chi connectivity index (χ0v) is 21.2. The Bertz CT molecular complexity index is 1300. The number of esters is 1. The molecule has 0 spiro atoms. The molecule has 8 nitrogen and oxygen atoms in total. The highest BCUT2D eigenvalue weighted by atomic mass is 32.2. The molecule has 1 aliphatic rings. The van der Waals surface area contributed by atoms with Crippen LogP contribution in [0.2, 0.25) is 0 Å². The summed E-state index contributed by atoms with van der Waals surface area (Å²) in [4.78, 5) is 30.2. The molecule has 10 heteroatoms. The monoisotopic (exact) mass is 513 g/mol. The number of thiazole rings is 1. The molecular formula is C25H27N3O5S2. The van der Waals surface area contributed by atoms with Gasteiger partial charge in [0.2, 0.25) is 10.0 Å². The molecule has 0 aliphatic carbocycles. The Kier molecular flexibility index (Phi) is 7.63. The van der Waals surface area contributed by atoms with Crippen LogP contribution in [0.5, 0.6) is 0 Å². The van der Waals surface area contributed by atoms with Gasteiger partial charge in [0.15, 0.2) is 5.13 Å². The van der Waals surface area contributed by atoms with Gasteiger partial charge in [0, 0.05) is 23.7 Å². The fourth-order valence-corrected chi connectivity index (χ4v) is 6.59. The molecule has 1 saturated heterocycles. The lowest BCUT2D eigenvalue weighted by Crippen LogP contribution is -2.41. The number of hydrogen-bond acceptors (Lipinski definition) is 7. The number of hydrogen-bond donors (Lipinski definition) is 1. The summed E-state index contributed by atoms with van der Waals surface area (Å²) in [5.41, 5.74) is 1.44. The van der Waals surface area contributed by atoms with Crippen molar-refractivity contribution in [1.82, 2.24) is 9.29 Å². The van der Waals surface area contributed by atoms with Crippen LogP contribution in [0, 0.1) is 0 Å². The fourth-order valence-electron chi connectivity index (χ4n) is 4.01. The van der Waals surface area contributed by atoms with Crippen molar-refractivity contribution < 1.29 is 22.7 Å². The van der Waals surface area contributed by atoms with E-state index in [4.69, 9.17) is 4.74 Å². The van der Waals surface area contributed by atoms with Crippen LogP contribution >= 0.6 is 11.3 Å². The van der Waals surface area contributed by atoms with Gasteiger partial charge in [-0.05, 0) is 51.0 Å². The molecule has 0 bridgehead atoms. The largest absolute Gasteiger partial charge is 0.462 e. The zero-order valence-electron chi connectivity index (χ0n) is 19.6. The summed E-state index contributed by atoms with van der Waals surface area (Å²) in [5.74, 6) is -0.963. The van der Waals surface area contributed by atoms with Gasteiger partial charge >= 0.3 is 5.97 Å². The number of nitrogens with zero attached hydrogens (tertiary/aromatic N) is 2. The van der Waals surface area contributed by atoms with E-state index >= 15 is 0 Å². The molecule has 0 saturated carbocycles. The summed E-state index contributed by atoms with van der Waals surface area (Å²) in [6.45, 7) is 4.36. The molecular weight excluding hydrogens is 486 g/mol. The zero-order chi connectivity index (χ0) is 25.0. The van der Waals surface area contributed by atoms with E-state index in [1.807, 2.05) is 37.3 Å². The highest BCUT2D eigenvalue weighted by molar-refractivity contribution is 7.89. The van der Waals surface area contributed by atoms with Crippen LogP contribution in [0.25, 0.3) is 11.3 Å². The van der Waals surface area contributed by atoms with E-state index in [1.54, 1.807) is 6.92 Å². The molecule has 1 aliphatic heterocycles. The number of carbonyl (C=O) groups excluding carboxylic acids is 2. The first kappa shape index (κ1) is 25.0. The second kappa shape index (κ2) is 10.7. The van der Waals surface area contributed by atoms with E-state index in [9.17, 15) is 18.0 Å². The number of rotatable bonds is 7. The van der Waals surface area contributed by atoms with Crippen LogP contribution in [0.15, 0.2) is 59.5 Å². The van der Waals surface area contributed by atoms with Crippen LogP contribution in [0.4, 0.5) is 5.13 Å². The Balaban J connectivity index is 1.54. The minimum absolute atomic E-state index is 0.0472. The Morgan fingerprint density at radius 1 is 1.11 bits per heavy atom. The average Bonchev–Trinajstić information content (AvgIpc) is 3.29. The molecule has 4 rings (SSSR count). The molecule has 1 N–H and O–H groups in total. The molecule has 2 heterocycles. The topological polar surface area (TPSA) is 106 Å². The van der Waals surface area contributed by atoms with Gasteiger partial charge in [-0.2, -0.15) is 4.31 Å². The number of carbonyl (C=O) groups is 2. The number of aromatic nitrogens is 1. The number of sulfonamides is 1. The third-order valence-electron chi connectivity index (χ3n) is 5.82. The van der Waals surface area contributed by atoms with Gasteiger partial charge < -0.3 is 4.74 Å². The first-order valence-corrected chi connectivity index (χ1v) is 13.7. The summed E-state index contributed by atoms with van der Waals surface area (Å²) in [5, 5.41) is 2.96. The molecule has 1 fully saturated rings. The Morgan fingerprint density at radius 3 is 2.49 bits per heavy atom. The number of anilines is 1. The van der Waals surface area contributed by atoms with Crippen LogP contribution in [0.3, 0.4) is 0 Å². The standard InChI is InChI=1S/C25H27N3O5S2/c1-3-33-24(30)22-21(18-10-5-4-6-11-18)26-25(34-22)27-23(29)19-12-14-20(15-13-19)35(31,32)28-16-8-7-9-17(28)2/h4-6,10-15,17H,3,7-9,16H2,1-2H3,(H,26,27,29). The molecule has 0 radical (unpaired) electrons. The van der Waals surface area contributed by atoms with Crippen molar-refractivity contribution in [2.45, 2.75) is 44.0 Å². The maximum Gasteiger partial charge on any atom is 0.350 e. The molecule has 35 heavy (non-hydrogen) atoms. The lowest BCUT2D eigenvalue weighted by molar-refractivity contribution is 0.0532. The molecule has 1 atom stereocenters. The van der Waals surface area contributed by atoms with E-state index < -0.39 is 21.9 Å². The van der Waals surface area contributed by atoms with Gasteiger partial charge in [-0.1, -0.05) is 48.1 Å². The molecule has 2 aromatic carbocycles. The van der Waals surface area contributed by atoms with E-state index in [2.05, 4.69) is 10.3 Å². The molecule has 1 amide bonds. The van der Waals surface area contributed by atoms with Crippen molar-refractivity contribution in [3.63, 3.8) is 0 Å². The number of benzene rings is 2.